The maximum Gasteiger partial charge on any atom is 0.490 e. The molecule has 12 heteroatoms. The maximum absolute atomic E-state index is 10.8. The van der Waals surface area contributed by atoms with Crippen molar-refractivity contribution in [1.29, 1.82) is 0 Å². The lowest BCUT2D eigenvalue weighted by Crippen LogP contribution is -2.43. The van der Waals surface area contributed by atoms with E-state index in [0.717, 1.165) is 4.31 Å². The monoisotopic (exact) mass is 324 g/mol. The van der Waals surface area contributed by atoms with Crippen LogP contribution in [0, 0.1) is 0 Å². The van der Waals surface area contributed by atoms with Crippen LogP contribution in [0.1, 0.15) is 0 Å². The largest absolute Gasteiger partial charge is 0.490 e. The second kappa shape index (κ2) is 7.73. The number of nitrogens with zero attached hydrogens (tertiary/aromatic N) is 1. The predicted octanol–water partition coefficient (Wildman–Crippen LogP) is -0.830. The Bertz CT molecular complexity index is 407. The van der Waals surface area contributed by atoms with E-state index >= 15 is 0 Å². The Kier molecular flexibility index (Phi) is 7.37. The van der Waals surface area contributed by atoms with Crippen molar-refractivity contribution in [3.8, 4) is 0 Å². The molecule has 120 valence electrons. The van der Waals surface area contributed by atoms with E-state index in [-0.39, 0.29) is 12.6 Å². The Balaban J connectivity index is 0.000000441. The zero-order chi connectivity index (χ0) is 16.0. The number of nitrogens with two attached hydrogens (primary N) is 1. The van der Waals surface area contributed by atoms with Crippen molar-refractivity contribution in [3.05, 3.63) is 0 Å². The van der Waals surface area contributed by atoms with E-state index in [9.17, 15) is 21.6 Å². The van der Waals surface area contributed by atoms with Gasteiger partial charge < -0.3 is 14.6 Å². The Hall–Kier alpha value is -0.950. The van der Waals surface area contributed by atoms with E-state index in [1.54, 1.807) is 0 Å². The zero-order valence-electron chi connectivity index (χ0n) is 10.5. The molecule has 1 fully saturated rings. The van der Waals surface area contributed by atoms with Gasteiger partial charge in [-0.3, -0.25) is 0 Å². The van der Waals surface area contributed by atoms with Crippen molar-refractivity contribution in [2.45, 2.75) is 12.3 Å². The van der Waals surface area contributed by atoms with Crippen molar-refractivity contribution < 1.29 is 41.0 Å². The van der Waals surface area contributed by atoms with Crippen LogP contribution >= 0.6 is 0 Å². The SMILES string of the molecule is CN(C[C@@H]1COCCO1)S(N)(=O)=O.O=C(O)C(F)(F)F. The number of hydrogen-bond acceptors (Lipinski definition) is 5. The number of likely N-dealkylation sites (N-methyl/N-ethyl adjacent to an activating group) is 1. The molecule has 1 heterocycles. The lowest BCUT2D eigenvalue weighted by Gasteiger charge is -2.25. The molecule has 1 aliphatic rings. The lowest BCUT2D eigenvalue weighted by molar-refractivity contribution is -0.192. The maximum atomic E-state index is 10.8. The Morgan fingerprint density at radius 3 is 2.25 bits per heavy atom. The predicted molar refractivity (Wildman–Crippen MR) is 60.0 cm³/mol. The van der Waals surface area contributed by atoms with E-state index in [0.29, 0.717) is 19.8 Å². The van der Waals surface area contributed by atoms with Crippen molar-refractivity contribution in [3.63, 3.8) is 0 Å². The molecule has 20 heavy (non-hydrogen) atoms. The molecule has 3 N–H and O–H groups in total. The van der Waals surface area contributed by atoms with Gasteiger partial charge in [0.2, 0.25) is 0 Å². The highest BCUT2D eigenvalue weighted by Crippen LogP contribution is 2.13. The highest BCUT2D eigenvalue weighted by atomic mass is 32.2. The summed E-state index contributed by atoms with van der Waals surface area (Å²) in [4.78, 5) is 8.90. The van der Waals surface area contributed by atoms with Crippen LogP contribution in [0.25, 0.3) is 0 Å². The number of carboxylic acid groups (broad SMARTS) is 1. The van der Waals surface area contributed by atoms with Crippen LogP contribution in [-0.4, -0.2) is 69.5 Å². The summed E-state index contributed by atoms with van der Waals surface area (Å²) >= 11 is 0. The van der Waals surface area contributed by atoms with Crippen molar-refractivity contribution >= 4 is 16.2 Å². The quantitative estimate of drug-likeness (QED) is 0.699. The summed E-state index contributed by atoms with van der Waals surface area (Å²) in [6.45, 7) is 1.72. The molecule has 0 spiro atoms. The molecule has 0 radical (unpaired) electrons. The summed E-state index contributed by atoms with van der Waals surface area (Å²) in [5.74, 6) is -2.76. The van der Waals surface area contributed by atoms with Crippen LogP contribution in [0.15, 0.2) is 0 Å². The Morgan fingerprint density at radius 1 is 1.45 bits per heavy atom. The number of aliphatic carboxylic acids is 1. The van der Waals surface area contributed by atoms with E-state index in [1.165, 1.54) is 7.05 Å². The first-order valence-corrected chi connectivity index (χ1v) is 6.68. The number of hydrogen-bond donors (Lipinski definition) is 2. The number of rotatable bonds is 3. The molecule has 0 aliphatic carbocycles. The van der Waals surface area contributed by atoms with E-state index in [1.807, 2.05) is 0 Å². The minimum absolute atomic E-state index is 0.211. The van der Waals surface area contributed by atoms with Crippen LogP contribution in [0.4, 0.5) is 13.2 Å². The summed E-state index contributed by atoms with van der Waals surface area (Å²) in [6.07, 6.45) is -5.29. The lowest BCUT2D eigenvalue weighted by atomic mass is 10.3. The van der Waals surface area contributed by atoms with Gasteiger partial charge in [0.15, 0.2) is 0 Å². The molecule has 1 saturated heterocycles. The third kappa shape index (κ3) is 8.27. The summed E-state index contributed by atoms with van der Waals surface area (Å²) in [7, 11) is -2.19. The van der Waals surface area contributed by atoms with Gasteiger partial charge in [0.25, 0.3) is 10.2 Å². The van der Waals surface area contributed by atoms with Crippen LogP contribution < -0.4 is 5.14 Å². The van der Waals surface area contributed by atoms with Gasteiger partial charge in [-0.25, -0.2) is 9.93 Å². The molecule has 0 bridgehead atoms. The van der Waals surface area contributed by atoms with Crippen LogP contribution in [0.5, 0.6) is 0 Å². The number of carbonyl (C=O) groups is 1. The zero-order valence-corrected chi connectivity index (χ0v) is 11.3. The third-order valence-electron chi connectivity index (χ3n) is 2.02. The minimum Gasteiger partial charge on any atom is -0.475 e. The molecular weight excluding hydrogens is 309 g/mol. The fourth-order valence-corrected chi connectivity index (χ4v) is 1.41. The topological polar surface area (TPSA) is 119 Å². The third-order valence-corrected chi connectivity index (χ3v) is 3.04. The molecule has 0 aromatic heterocycles. The van der Waals surface area contributed by atoms with E-state index in [4.69, 9.17) is 24.5 Å². The highest BCUT2D eigenvalue weighted by Gasteiger charge is 2.38. The van der Waals surface area contributed by atoms with Gasteiger partial charge in [-0.05, 0) is 0 Å². The standard InChI is InChI=1S/C6H14N2O4S.C2HF3O2/c1-8(13(7,9)10)4-6-5-11-2-3-12-6;3-2(4,5)1(6)7/h6H,2-5H2,1H3,(H2,7,9,10);(H,6,7)/t6-;/m1./s1. The summed E-state index contributed by atoms with van der Waals surface area (Å²) < 4.78 is 64.8. The van der Waals surface area contributed by atoms with Gasteiger partial charge in [-0.1, -0.05) is 0 Å². The van der Waals surface area contributed by atoms with E-state index in [2.05, 4.69) is 0 Å². The first-order valence-electron chi connectivity index (χ1n) is 5.18. The first kappa shape index (κ1) is 19.1. The number of carboxylic acids is 1. The first-order chi connectivity index (χ1) is 8.94. The second-order valence-corrected chi connectivity index (χ2v) is 5.35. The number of halogens is 3. The van der Waals surface area contributed by atoms with Crippen LogP contribution in [0.3, 0.4) is 0 Å². The molecule has 0 saturated carbocycles. The van der Waals surface area contributed by atoms with Crippen LogP contribution in [0.2, 0.25) is 0 Å². The van der Waals surface area contributed by atoms with Gasteiger partial charge in [0.05, 0.1) is 25.9 Å². The molecule has 0 unspecified atom stereocenters. The second-order valence-electron chi connectivity index (χ2n) is 3.70. The fourth-order valence-electron chi connectivity index (χ4n) is 1.03. The van der Waals surface area contributed by atoms with Gasteiger partial charge in [-0.15, -0.1) is 0 Å². The van der Waals surface area contributed by atoms with Crippen molar-refractivity contribution in [2.75, 3.05) is 33.4 Å². The molecule has 1 atom stereocenters. The summed E-state index contributed by atoms with van der Waals surface area (Å²) in [5.41, 5.74) is 0. The van der Waals surface area contributed by atoms with Crippen molar-refractivity contribution in [1.82, 2.24) is 4.31 Å². The van der Waals surface area contributed by atoms with Gasteiger partial charge >= 0.3 is 12.1 Å². The average molecular weight is 324 g/mol. The normalized spacial score (nSPS) is 20.2. The smallest absolute Gasteiger partial charge is 0.475 e. The molecule has 8 nitrogen and oxygen atoms in total. The molecule has 0 amide bonds. The van der Waals surface area contributed by atoms with Crippen LogP contribution in [-0.2, 0) is 24.5 Å². The van der Waals surface area contributed by atoms with Crippen molar-refractivity contribution in [2.24, 2.45) is 5.14 Å². The minimum atomic E-state index is -5.08. The average Bonchev–Trinajstić information content (AvgIpc) is 2.28. The summed E-state index contributed by atoms with van der Waals surface area (Å²) in [6, 6.07) is 0. The fraction of sp³-hybridized carbons (Fsp3) is 0.875. The Labute approximate surface area is 113 Å². The number of alkyl halides is 3. The summed E-state index contributed by atoms with van der Waals surface area (Å²) in [5, 5.41) is 12.0. The highest BCUT2D eigenvalue weighted by molar-refractivity contribution is 7.86. The number of ether oxygens (including phenoxy) is 2. The van der Waals surface area contributed by atoms with E-state index < -0.39 is 22.4 Å². The molecule has 0 aromatic carbocycles. The van der Waals surface area contributed by atoms with Gasteiger partial charge in [0.1, 0.15) is 0 Å². The molecule has 1 aliphatic heterocycles. The molecule has 1 rings (SSSR count). The van der Waals surface area contributed by atoms with Gasteiger partial charge in [0, 0.05) is 13.6 Å². The molecule has 0 aromatic rings. The Morgan fingerprint density at radius 2 is 1.95 bits per heavy atom. The molecular formula is C8H15F3N2O6S. The van der Waals surface area contributed by atoms with Gasteiger partial charge in [-0.2, -0.15) is 25.9 Å².